The molecule has 1 unspecified atom stereocenters. The topological polar surface area (TPSA) is 88.1 Å². The number of nitrogens with zero attached hydrogens (tertiary/aromatic N) is 5. The van der Waals surface area contributed by atoms with Gasteiger partial charge in [-0.3, -0.25) is 0 Å². The molecule has 4 aromatic rings. The van der Waals surface area contributed by atoms with E-state index in [1.165, 1.54) is 5.56 Å². The molecule has 2 aromatic heterocycles. The van der Waals surface area contributed by atoms with Crippen molar-refractivity contribution in [1.29, 1.82) is 0 Å². The van der Waals surface area contributed by atoms with Crippen molar-refractivity contribution in [3.05, 3.63) is 65.4 Å². The number of hydrogen-bond acceptors (Lipinski definition) is 7. The molecular weight excluding hydrogens is 370 g/mol. The SMILES string of the molecule is COc1ccc(C2Cn3nnc(-c4noc(-c5ccc(C)cc5)n4)c3CO2)cc1. The number of aryl methyl sites for hydroxylation is 1. The van der Waals surface area contributed by atoms with Crippen LogP contribution in [0.2, 0.25) is 0 Å². The maximum atomic E-state index is 6.06. The largest absolute Gasteiger partial charge is 0.497 e. The van der Waals surface area contributed by atoms with Gasteiger partial charge in [0.05, 0.1) is 26.0 Å². The van der Waals surface area contributed by atoms with Gasteiger partial charge in [-0.15, -0.1) is 5.10 Å². The van der Waals surface area contributed by atoms with Crippen molar-refractivity contribution in [2.75, 3.05) is 7.11 Å². The highest BCUT2D eigenvalue weighted by Crippen LogP contribution is 2.31. The Balaban J connectivity index is 1.38. The summed E-state index contributed by atoms with van der Waals surface area (Å²) in [7, 11) is 1.65. The van der Waals surface area contributed by atoms with Crippen LogP contribution in [0.3, 0.4) is 0 Å². The Morgan fingerprint density at radius 2 is 1.86 bits per heavy atom. The molecule has 5 rings (SSSR count). The van der Waals surface area contributed by atoms with Gasteiger partial charge in [-0.05, 0) is 36.8 Å². The first-order chi connectivity index (χ1) is 14.2. The van der Waals surface area contributed by atoms with Crippen LogP contribution in [0.15, 0.2) is 53.1 Å². The summed E-state index contributed by atoms with van der Waals surface area (Å²) < 4.78 is 18.5. The third-order valence-electron chi connectivity index (χ3n) is 5.02. The Morgan fingerprint density at radius 1 is 1.07 bits per heavy atom. The van der Waals surface area contributed by atoms with Crippen LogP contribution in [-0.2, 0) is 17.9 Å². The van der Waals surface area contributed by atoms with Crippen LogP contribution in [0, 0.1) is 6.92 Å². The summed E-state index contributed by atoms with van der Waals surface area (Å²) in [6.07, 6.45) is -0.101. The van der Waals surface area contributed by atoms with Crippen LogP contribution >= 0.6 is 0 Å². The predicted molar refractivity (Wildman–Crippen MR) is 104 cm³/mol. The Bertz CT molecular complexity index is 1130. The van der Waals surface area contributed by atoms with Gasteiger partial charge >= 0.3 is 0 Å². The summed E-state index contributed by atoms with van der Waals surface area (Å²) in [6, 6.07) is 15.8. The Labute approximate surface area is 167 Å². The van der Waals surface area contributed by atoms with Gasteiger partial charge in [0.1, 0.15) is 11.9 Å². The maximum Gasteiger partial charge on any atom is 0.258 e. The van der Waals surface area contributed by atoms with Crippen LogP contribution in [0.1, 0.15) is 22.9 Å². The van der Waals surface area contributed by atoms with Crippen molar-refractivity contribution in [3.63, 3.8) is 0 Å². The number of ether oxygens (including phenoxy) is 2. The van der Waals surface area contributed by atoms with Crippen molar-refractivity contribution >= 4 is 0 Å². The second-order valence-electron chi connectivity index (χ2n) is 6.93. The molecule has 0 fully saturated rings. The van der Waals surface area contributed by atoms with Gasteiger partial charge in [-0.25, -0.2) is 4.68 Å². The van der Waals surface area contributed by atoms with Gasteiger partial charge in [-0.2, -0.15) is 4.98 Å². The van der Waals surface area contributed by atoms with E-state index in [-0.39, 0.29) is 6.10 Å². The zero-order valence-corrected chi connectivity index (χ0v) is 16.1. The lowest BCUT2D eigenvalue weighted by Gasteiger charge is -2.24. The van der Waals surface area contributed by atoms with Crippen LogP contribution in [0.25, 0.3) is 23.0 Å². The normalized spacial score (nSPS) is 15.9. The van der Waals surface area contributed by atoms with Crippen LogP contribution in [0.5, 0.6) is 5.75 Å². The summed E-state index contributed by atoms with van der Waals surface area (Å²) in [5.74, 6) is 1.68. The van der Waals surface area contributed by atoms with Gasteiger partial charge < -0.3 is 14.0 Å². The monoisotopic (exact) mass is 389 g/mol. The summed E-state index contributed by atoms with van der Waals surface area (Å²) in [4.78, 5) is 4.49. The van der Waals surface area contributed by atoms with E-state index in [9.17, 15) is 0 Å². The predicted octanol–water partition coefficient (Wildman–Crippen LogP) is 3.58. The van der Waals surface area contributed by atoms with Gasteiger partial charge in [0.25, 0.3) is 5.89 Å². The van der Waals surface area contributed by atoms with Gasteiger partial charge in [0, 0.05) is 5.56 Å². The molecule has 29 heavy (non-hydrogen) atoms. The van der Waals surface area contributed by atoms with E-state index in [4.69, 9.17) is 14.0 Å². The molecule has 0 spiro atoms. The molecule has 0 saturated carbocycles. The molecule has 0 amide bonds. The van der Waals surface area contributed by atoms with Crippen molar-refractivity contribution in [1.82, 2.24) is 25.1 Å². The first-order valence-corrected chi connectivity index (χ1v) is 9.30. The van der Waals surface area contributed by atoms with Crippen molar-refractivity contribution in [2.45, 2.75) is 26.2 Å². The van der Waals surface area contributed by atoms with E-state index in [1.807, 2.05) is 60.1 Å². The first kappa shape index (κ1) is 17.6. The molecular formula is C21H19N5O3. The summed E-state index contributed by atoms with van der Waals surface area (Å²) in [6.45, 7) is 2.97. The molecule has 8 nitrogen and oxygen atoms in total. The number of rotatable bonds is 4. The van der Waals surface area contributed by atoms with Gasteiger partial charge in [0.2, 0.25) is 5.82 Å². The fraction of sp³-hybridized carbons (Fsp3) is 0.238. The van der Waals surface area contributed by atoms with Crippen molar-refractivity contribution in [3.8, 4) is 28.7 Å². The molecule has 146 valence electrons. The Hall–Kier alpha value is -3.52. The van der Waals surface area contributed by atoms with Crippen molar-refractivity contribution in [2.24, 2.45) is 0 Å². The average Bonchev–Trinajstić information content (AvgIpc) is 3.41. The molecule has 1 aliphatic rings. The van der Waals surface area contributed by atoms with E-state index in [0.717, 1.165) is 22.6 Å². The first-order valence-electron chi connectivity index (χ1n) is 9.30. The number of methoxy groups -OCH3 is 1. The standard InChI is InChI=1S/C21H19N5O3/c1-13-3-5-15(6-4-13)21-22-20(24-29-21)19-17-12-28-18(11-26(17)25-23-19)14-7-9-16(27-2)10-8-14/h3-10,18H,11-12H2,1-2H3. The van der Waals surface area contributed by atoms with Crippen LogP contribution < -0.4 is 4.74 Å². The maximum absolute atomic E-state index is 6.06. The highest BCUT2D eigenvalue weighted by atomic mass is 16.5. The Kier molecular flexibility index (Phi) is 4.33. The van der Waals surface area contributed by atoms with Crippen LogP contribution in [0.4, 0.5) is 0 Å². The molecule has 3 heterocycles. The lowest BCUT2D eigenvalue weighted by Crippen LogP contribution is -2.22. The minimum Gasteiger partial charge on any atom is -0.497 e. The third kappa shape index (κ3) is 3.27. The average molecular weight is 389 g/mol. The zero-order chi connectivity index (χ0) is 19.8. The van der Waals surface area contributed by atoms with E-state index < -0.39 is 0 Å². The zero-order valence-electron chi connectivity index (χ0n) is 16.1. The summed E-state index contributed by atoms with van der Waals surface area (Å²) in [5.41, 5.74) is 4.52. The van der Waals surface area contributed by atoms with E-state index >= 15 is 0 Å². The van der Waals surface area contributed by atoms with E-state index in [0.29, 0.717) is 30.6 Å². The third-order valence-corrected chi connectivity index (χ3v) is 5.02. The van der Waals surface area contributed by atoms with Crippen molar-refractivity contribution < 1.29 is 14.0 Å². The molecule has 2 aromatic carbocycles. The molecule has 1 atom stereocenters. The van der Waals surface area contributed by atoms with Gasteiger partial charge in [0.15, 0.2) is 5.69 Å². The minimum absolute atomic E-state index is 0.101. The highest BCUT2D eigenvalue weighted by molar-refractivity contribution is 5.58. The number of benzene rings is 2. The van der Waals surface area contributed by atoms with Gasteiger partial charge in [-0.1, -0.05) is 40.2 Å². The number of hydrogen-bond donors (Lipinski definition) is 0. The second-order valence-corrected chi connectivity index (χ2v) is 6.93. The lowest BCUT2D eigenvalue weighted by atomic mass is 10.1. The highest BCUT2D eigenvalue weighted by Gasteiger charge is 2.27. The molecule has 0 radical (unpaired) electrons. The van der Waals surface area contributed by atoms with Crippen LogP contribution in [-0.4, -0.2) is 32.2 Å². The smallest absolute Gasteiger partial charge is 0.258 e. The molecule has 0 N–H and O–H groups in total. The quantitative estimate of drug-likeness (QED) is 0.527. The molecule has 0 aliphatic carbocycles. The molecule has 0 saturated heterocycles. The molecule has 1 aliphatic heterocycles. The molecule has 0 bridgehead atoms. The fourth-order valence-corrected chi connectivity index (χ4v) is 3.34. The number of aromatic nitrogens is 5. The van der Waals surface area contributed by atoms with E-state index in [2.05, 4.69) is 20.5 Å². The number of fused-ring (bicyclic) bond motifs is 1. The fourth-order valence-electron chi connectivity index (χ4n) is 3.34. The Morgan fingerprint density at radius 3 is 2.62 bits per heavy atom. The van der Waals surface area contributed by atoms with E-state index in [1.54, 1.807) is 7.11 Å². The summed E-state index contributed by atoms with van der Waals surface area (Å²) in [5, 5.41) is 12.6. The second kappa shape index (κ2) is 7.14. The lowest BCUT2D eigenvalue weighted by molar-refractivity contribution is -0.00114. The minimum atomic E-state index is -0.101. The summed E-state index contributed by atoms with van der Waals surface area (Å²) >= 11 is 0. The molecule has 8 heteroatoms.